The molecule has 23 heavy (non-hydrogen) atoms. The van der Waals surface area contributed by atoms with Crippen LogP contribution in [0.15, 0.2) is 0 Å². The summed E-state index contributed by atoms with van der Waals surface area (Å²) in [7, 11) is 0. The molecule has 1 fully saturated rings. The summed E-state index contributed by atoms with van der Waals surface area (Å²) in [4.78, 5) is 38.0. The number of carbonyl (C=O) groups is 3. The number of carbonyl (C=O) groups excluding carboxylic acids is 3. The zero-order valence-electron chi connectivity index (χ0n) is 15.2. The molecule has 2 unspecified atom stereocenters. The minimum Gasteiger partial charge on any atom is -0.460 e. The van der Waals surface area contributed by atoms with Crippen molar-refractivity contribution in [2.24, 2.45) is 17.8 Å². The normalized spacial score (nSPS) is 20.0. The maximum absolute atomic E-state index is 12.8. The van der Waals surface area contributed by atoms with Gasteiger partial charge in [-0.1, -0.05) is 27.7 Å². The first-order chi connectivity index (χ1) is 10.4. The van der Waals surface area contributed by atoms with E-state index < -0.39 is 23.6 Å². The first-order valence-corrected chi connectivity index (χ1v) is 8.15. The first-order valence-electron chi connectivity index (χ1n) is 8.15. The van der Waals surface area contributed by atoms with Gasteiger partial charge in [-0.25, -0.2) is 9.69 Å². The molecule has 0 aromatic carbocycles. The van der Waals surface area contributed by atoms with Gasteiger partial charge < -0.3 is 9.47 Å². The standard InChI is InChI=1S/C17H29NO5/c1-10(2)12(8-14(19)23-17(5,6)7)15(20)18-13(11(3)4)9-22-16(18)21/h10-13H,8-9H2,1-7H3. The van der Waals surface area contributed by atoms with Crippen molar-refractivity contribution in [1.82, 2.24) is 4.90 Å². The molecule has 0 N–H and O–H groups in total. The second-order valence-corrected chi connectivity index (χ2v) is 7.74. The predicted molar refractivity (Wildman–Crippen MR) is 85.6 cm³/mol. The second-order valence-electron chi connectivity index (χ2n) is 7.74. The van der Waals surface area contributed by atoms with Crippen molar-refractivity contribution in [1.29, 1.82) is 0 Å². The molecule has 0 aliphatic carbocycles. The number of amides is 2. The van der Waals surface area contributed by atoms with Crippen LogP contribution >= 0.6 is 0 Å². The Kier molecular flexibility index (Phi) is 6.19. The molecule has 1 aliphatic heterocycles. The predicted octanol–water partition coefficient (Wildman–Crippen LogP) is 2.99. The van der Waals surface area contributed by atoms with E-state index in [4.69, 9.17) is 9.47 Å². The number of cyclic esters (lactones) is 1. The molecule has 1 rings (SSSR count). The Bertz CT molecular complexity index is 464. The number of nitrogens with zero attached hydrogens (tertiary/aromatic N) is 1. The topological polar surface area (TPSA) is 72.9 Å². The molecule has 6 heteroatoms. The molecular weight excluding hydrogens is 298 g/mol. The molecule has 0 bridgehead atoms. The van der Waals surface area contributed by atoms with Crippen molar-refractivity contribution < 1.29 is 23.9 Å². The Labute approximate surface area is 138 Å². The van der Waals surface area contributed by atoms with Crippen molar-refractivity contribution in [3.63, 3.8) is 0 Å². The summed E-state index contributed by atoms with van der Waals surface area (Å²) >= 11 is 0. The SMILES string of the molecule is CC(C)C(CC(=O)OC(C)(C)C)C(=O)N1C(=O)OCC1C(C)C. The van der Waals surface area contributed by atoms with E-state index in [2.05, 4.69) is 0 Å². The average molecular weight is 327 g/mol. The maximum atomic E-state index is 12.8. The van der Waals surface area contributed by atoms with Crippen molar-refractivity contribution in [3.8, 4) is 0 Å². The third kappa shape index (κ3) is 5.22. The summed E-state index contributed by atoms with van der Waals surface area (Å²) in [5, 5.41) is 0. The van der Waals surface area contributed by atoms with E-state index in [-0.39, 0.29) is 36.8 Å². The van der Waals surface area contributed by atoms with Crippen LogP contribution in [0.4, 0.5) is 4.79 Å². The Morgan fingerprint density at radius 3 is 2.26 bits per heavy atom. The molecule has 132 valence electrons. The quantitative estimate of drug-likeness (QED) is 0.726. The fourth-order valence-electron chi connectivity index (χ4n) is 2.53. The molecule has 1 aliphatic rings. The summed E-state index contributed by atoms with van der Waals surface area (Å²) in [6.07, 6.45) is -0.661. The van der Waals surface area contributed by atoms with Gasteiger partial charge in [-0.2, -0.15) is 0 Å². The monoisotopic (exact) mass is 327 g/mol. The van der Waals surface area contributed by atoms with Gasteiger partial charge >= 0.3 is 12.1 Å². The third-order valence-corrected chi connectivity index (χ3v) is 3.84. The minimum atomic E-state index is -0.622. The second kappa shape index (κ2) is 7.32. The summed E-state index contributed by atoms with van der Waals surface area (Å²) < 4.78 is 10.3. The van der Waals surface area contributed by atoms with Gasteiger partial charge in [0.25, 0.3) is 0 Å². The lowest BCUT2D eigenvalue weighted by molar-refractivity contribution is -0.159. The van der Waals surface area contributed by atoms with E-state index in [0.717, 1.165) is 0 Å². The third-order valence-electron chi connectivity index (χ3n) is 3.84. The summed E-state index contributed by atoms with van der Waals surface area (Å²) in [5.41, 5.74) is -0.602. The molecule has 0 radical (unpaired) electrons. The molecule has 2 amide bonds. The van der Waals surface area contributed by atoms with E-state index in [0.29, 0.717) is 0 Å². The molecule has 0 saturated carbocycles. The molecule has 0 spiro atoms. The molecule has 0 aromatic rings. The number of hydrogen-bond acceptors (Lipinski definition) is 5. The van der Waals surface area contributed by atoms with Crippen molar-refractivity contribution in [2.75, 3.05) is 6.61 Å². The first kappa shape index (κ1) is 19.5. The zero-order chi connectivity index (χ0) is 17.9. The van der Waals surface area contributed by atoms with E-state index in [9.17, 15) is 14.4 Å². The number of esters is 1. The lowest BCUT2D eigenvalue weighted by Crippen LogP contribution is -2.46. The number of hydrogen-bond donors (Lipinski definition) is 0. The Hall–Kier alpha value is -1.59. The van der Waals surface area contributed by atoms with Crippen LogP contribution in [0, 0.1) is 17.8 Å². The van der Waals surface area contributed by atoms with Gasteiger partial charge in [0.15, 0.2) is 0 Å². The van der Waals surface area contributed by atoms with Crippen LogP contribution in [0.25, 0.3) is 0 Å². The number of ether oxygens (including phenoxy) is 2. The summed E-state index contributed by atoms with van der Waals surface area (Å²) in [5.74, 6) is -1.38. The van der Waals surface area contributed by atoms with Crippen LogP contribution in [0.3, 0.4) is 0 Å². The Balaban J connectivity index is 2.90. The van der Waals surface area contributed by atoms with Gasteiger partial charge in [0.05, 0.1) is 18.4 Å². The molecule has 0 aromatic heterocycles. The summed E-state index contributed by atoms with van der Waals surface area (Å²) in [6, 6.07) is -0.283. The van der Waals surface area contributed by atoms with Crippen LogP contribution in [-0.4, -0.2) is 41.1 Å². The van der Waals surface area contributed by atoms with Gasteiger partial charge in [0.2, 0.25) is 5.91 Å². The van der Waals surface area contributed by atoms with E-state index in [1.807, 2.05) is 27.7 Å². The van der Waals surface area contributed by atoms with Crippen LogP contribution < -0.4 is 0 Å². The van der Waals surface area contributed by atoms with Gasteiger partial charge in [-0.05, 0) is 32.6 Å². The smallest absolute Gasteiger partial charge is 0.416 e. The van der Waals surface area contributed by atoms with Gasteiger partial charge in [-0.15, -0.1) is 0 Å². The van der Waals surface area contributed by atoms with Gasteiger partial charge in [0.1, 0.15) is 12.2 Å². The highest BCUT2D eigenvalue weighted by Crippen LogP contribution is 2.27. The van der Waals surface area contributed by atoms with Crippen LogP contribution in [0.5, 0.6) is 0 Å². The van der Waals surface area contributed by atoms with Crippen LogP contribution in [-0.2, 0) is 19.1 Å². The fraction of sp³-hybridized carbons (Fsp3) is 0.824. The minimum absolute atomic E-state index is 0.0393. The molecule has 1 saturated heterocycles. The maximum Gasteiger partial charge on any atom is 0.416 e. The lowest BCUT2D eigenvalue weighted by Gasteiger charge is -2.29. The van der Waals surface area contributed by atoms with Crippen molar-refractivity contribution in [3.05, 3.63) is 0 Å². The van der Waals surface area contributed by atoms with Gasteiger partial charge in [-0.3, -0.25) is 9.59 Å². The highest BCUT2D eigenvalue weighted by Gasteiger charge is 2.43. The largest absolute Gasteiger partial charge is 0.460 e. The highest BCUT2D eigenvalue weighted by atomic mass is 16.6. The lowest BCUT2D eigenvalue weighted by atomic mass is 9.90. The molecule has 6 nitrogen and oxygen atoms in total. The molecule has 2 atom stereocenters. The van der Waals surface area contributed by atoms with E-state index in [1.54, 1.807) is 20.8 Å². The zero-order valence-corrected chi connectivity index (χ0v) is 15.2. The molecule has 1 heterocycles. The number of rotatable bonds is 5. The van der Waals surface area contributed by atoms with Crippen molar-refractivity contribution >= 4 is 18.0 Å². The highest BCUT2D eigenvalue weighted by molar-refractivity contribution is 5.96. The Morgan fingerprint density at radius 1 is 1.26 bits per heavy atom. The van der Waals surface area contributed by atoms with E-state index >= 15 is 0 Å². The van der Waals surface area contributed by atoms with Gasteiger partial charge in [0, 0.05) is 0 Å². The van der Waals surface area contributed by atoms with Crippen LogP contribution in [0.2, 0.25) is 0 Å². The fourth-order valence-corrected chi connectivity index (χ4v) is 2.53. The van der Waals surface area contributed by atoms with Crippen LogP contribution in [0.1, 0.15) is 54.9 Å². The Morgan fingerprint density at radius 2 is 1.83 bits per heavy atom. The van der Waals surface area contributed by atoms with Crippen molar-refractivity contribution in [2.45, 2.75) is 66.5 Å². The summed E-state index contributed by atoms with van der Waals surface area (Å²) in [6.45, 7) is 13.1. The van der Waals surface area contributed by atoms with E-state index in [1.165, 1.54) is 4.90 Å². The average Bonchev–Trinajstić information content (AvgIpc) is 2.74. The number of imide groups is 1. The molecular formula is C17H29NO5.